The number of aliphatic hydroxyl groups is 1. The van der Waals surface area contributed by atoms with Crippen molar-refractivity contribution >= 4 is 29.6 Å². The van der Waals surface area contributed by atoms with Crippen LogP contribution in [0.2, 0.25) is 0 Å². The van der Waals surface area contributed by atoms with E-state index in [1.807, 2.05) is 119 Å². The number of Topliss-reactive ketones (excluding diaryl/α,β-unsaturated/α-hetero) is 1. The number of ether oxygens (including phenoxy) is 12. The maximum absolute atomic E-state index is 13.9. The molecule has 17 atom stereocenters. The Morgan fingerprint density at radius 2 is 0.931 bits per heavy atom. The van der Waals surface area contributed by atoms with Crippen LogP contribution in [0, 0.1) is 29.6 Å². The Labute approximate surface area is 604 Å². The van der Waals surface area contributed by atoms with E-state index in [0.717, 1.165) is 68.1 Å². The average Bonchev–Trinajstić information content (AvgIpc) is 0.859. The monoisotopic (exact) mass is 1410 g/mol. The molecule has 1 N–H and O–H groups in total. The normalized spacial score (nSPS) is 27.3. The molecule has 0 aliphatic carbocycles. The zero-order valence-electron chi connectivity index (χ0n) is 61.6. The molecule has 0 radical (unpaired) electrons. The molecular formula is C83H111NO18. The highest BCUT2D eigenvalue weighted by Crippen LogP contribution is 2.44. The summed E-state index contributed by atoms with van der Waals surface area (Å²) in [5, 5.41) is 11.0. The van der Waals surface area contributed by atoms with Gasteiger partial charge in [0.1, 0.15) is 29.0 Å². The molecule has 5 aromatic carbocycles. The number of benzene rings is 5. The largest absolute Gasteiger partial charge is 0.497 e. The number of likely N-dealkylation sites (tertiary alicyclic amines) is 1. The maximum atomic E-state index is 13.9. The van der Waals surface area contributed by atoms with Crippen molar-refractivity contribution in [2.75, 3.05) is 40.6 Å². The predicted molar refractivity (Wildman–Crippen MR) is 385 cm³/mol. The van der Waals surface area contributed by atoms with Crippen LogP contribution in [0.1, 0.15) is 196 Å². The van der Waals surface area contributed by atoms with E-state index in [9.17, 15) is 29.1 Å². The molecule has 4 heterocycles. The highest BCUT2D eigenvalue weighted by molar-refractivity contribution is 5.90. The molecule has 0 bridgehead atoms. The lowest BCUT2D eigenvalue weighted by atomic mass is 9.80. The smallest absolute Gasteiger partial charge is 0.338 e. The number of nitrogens with zero attached hydrogens (tertiary/aromatic N) is 1. The Hall–Kier alpha value is -7.07. The first kappa shape index (κ1) is 79.1. The standard InChI is InChI=1S/C83H111NO18/c1-11-70-54(3)56(5)75(100-78(89)60-32-22-19-23-33-60)80(97-70)94-53-72-58(7)74(102-82-76(57(6)55(4)71(12-2)98-82)101-79(90)61-34-24-20-25-35-61)77(96-59(8)85)81(99-72)93-49-31-18-14-13-15-28-38-66(86)39-29-16-17-30-40-73(88)84-51-67(87)50-65(84)52-95-83(62-36-26-21-27-37-62,63-41-45-68(91-9)46-42-63)64-43-47-69(92-10)48-44-64/h19-27,32-37,41-48,54-58,65,67,70-72,74-77,80-82,87H,11-18,28-31,38-40,49-53H2,1-10H3/t54?,55?,56?,57?,58?,65-,67+,70?,71?,72?,74?,75?,76?,77?,80?,81?,82?/m0/s1. The lowest BCUT2D eigenvalue weighted by molar-refractivity contribution is -0.349. The van der Waals surface area contributed by atoms with Crippen LogP contribution in [-0.4, -0.2) is 154 Å². The predicted octanol–water partition coefficient (Wildman–Crippen LogP) is 14.6. The van der Waals surface area contributed by atoms with Gasteiger partial charge in [0.25, 0.3) is 0 Å². The first-order valence-electron chi connectivity index (χ1n) is 37.4. The van der Waals surface area contributed by atoms with Crippen molar-refractivity contribution < 1.29 is 85.9 Å². The fourth-order valence-electron chi connectivity index (χ4n) is 15.0. The van der Waals surface area contributed by atoms with E-state index >= 15 is 0 Å². The van der Waals surface area contributed by atoms with E-state index in [-0.39, 0.29) is 80.0 Å². The number of methoxy groups -OCH3 is 2. The summed E-state index contributed by atoms with van der Waals surface area (Å²) in [5.74, 6) is -0.684. The number of carbonyl (C=O) groups is 5. The summed E-state index contributed by atoms with van der Waals surface area (Å²) < 4.78 is 77.4. The molecule has 4 fully saturated rings. The third-order valence-electron chi connectivity index (χ3n) is 21.5. The quantitative estimate of drug-likeness (QED) is 0.0169. The molecule has 4 aliphatic rings. The topological polar surface area (TPSA) is 220 Å². The fourth-order valence-corrected chi connectivity index (χ4v) is 15.0. The molecule has 0 spiro atoms. The third kappa shape index (κ3) is 20.7. The molecule has 556 valence electrons. The molecule has 19 heteroatoms. The number of unbranched alkanes of at least 4 members (excludes halogenated alkanes) is 8. The minimum atomic E-state index is -1.11. The number of amides is 1. The fraction of sp³-hybridized carbons (Fsp3) is 0.578. The summed E-state index contributed by atoms with van der Waals surface area (Å²) in [4.78, 5) is 69.4. The number of aliphatic hydroxyl groups excluding tert-OH is 1. The zero-order valence-corrected chi connectivity index (χ0v) is 61.6. The lowest BCUT2D eigenvalue weighted by Crippen LogP contribution is -2.61. The highest BCUT2D eigenvalue weighted by atomic mass is 16.8. The number of rotatable bonds is 37. The molecule has 0 aromatic heterocycles. The van der Waals surface area contributed by atoms with E-state index < -0.39 is 84.9 Å². The van der Waals surface area contributed by atoms with Crippen molar-refractivity contribution in [1.82, 2.24) is 4.90 Å². The average molecular weight is 1410 g/mol. The van der Waals surface area contributed by atoms with Crippen molar-refractivity contribution in [2.24, 2.45) is 29.6 Å². The molecule has 5 aromatic rings. The molecule has 1 amide bonds. The van der Waals surface area contributed by atoms with Gasteiger partial charge in [-0.05, 0) is 122 Å². The number of hydrogen-bond donors (Lipinski definition) is 1. The van der Waals surface area contributed by atoms with Crippen LogP contribution in [0.5, 0.6) is 11.5 Å². The van der Waals surface area contributed by atoms with Crippen LogP contribution < -0.4 is 9.47 Å². The second-order valence-corrected chi connectivity index (χ2v) is 28.3. The van der Waals surface area contributed by atoms with Gasteiger partial charge in [-0.3, -0.25) is 14.4 Å². The van der Waals surface area contributed by atoms with Gasteiger partial charge in [0.05, 0.1) is 69.0 Å². The van der Waals surface area contributed by atoms with E-state index in [1.54, 1.807) is 67.7 Å². The molecule has 4 saturated heterocycles. The number of carbonyl (C=O) groups excluding carboxylic acids is 5. The van der Waals surface area contributed by atoms with Crippen molar-refractivity contribution in [3.63, 3.8) is 0 Å². The van der Waals surface area contributed by atoms with Gasteiger partial charge in [-0.25, -0.2) is 9.59 Å². The van der Waals surface area contributed by atoms with Crippen molar-refractivity contribution in [1.29, 1.82) is 0 Å². The van der Waals surface area contributed by atoms with E-state index in [1.165, 1.54) is 6.92 Å². The van der Waals surface area contributed by atoms with E-state index in [0.29, 0.717) is 74.0 Å². The van der Waals surface area contributed by atoms with Gasteiger partial charge >= 0.3 is 17.9 Å². The van der Waals surface area contributed by atoms with Gasteiger partial charge in [-0.2, -0.15) is 0 Å². The Bertz CT molecular complexity index is 3310. The number of hydrogen-bond acceptors (Lipinski definition) is 18. The minimum Gasteiger partial charge on any atom is -0.497 e. The van der Waals surface area contributed by atoms with Crippen LogP contribution in [-0.2, 0) is 67.4 Å². The Balaban J connectivity index is 0.749. The number of β-amino-alcohol motifs (C(OH)–C–C–N with tert-alkyl or cyclic N) is 1. The van der Waals surface area contributed by atoms with Crippen LogP contribution in [0.3, 0.4) is 0 Å². The van der Waals surface area contributed by atoms with Gasteiger partial charge < -0.3 is 66.8 Å². The molecule has 15 unspecified atom stereocenters. The van der Waals surface area contributed by atoms with Crippen LogP contribution >= 0.6 is 0 Å². The van der Waals surface area contributed by atoms with Gasteiger partial charge in [0.2, 0.25) is 5.91 Å². The summed E-state index contributed by atoms with van der Waals surface area (Å²) in [6.45, 7) is 16.3. The zero-order chi connectivity index (χ0) is 72.7. The minimum absolute atomic E-state index is 0.00621. The van der Waals surface area contributed by atoms with Gasteiger partial charge in [-0.1, -0.05) is 178 Å². The van der Waals surface area contributed by atoms with Crippen molar-refractivity contribution in [3.8, 4) is 11.5 Å². The summed E-state index contributed by atoms with van der Waals surface area (Å²) in [5.41, 5.74) is 2.43. The highest BCUT2D eigenvalue weighted by Gasteiger charge is 2.53. The Kier molecular flexibility index (Phi) is 30.3. The van der Waals surface area contributed by atoms with Crippen LogP contribution in [0.25, 0.3) is 0 Å². The number of ketones is 1. The van der Waals surface area contributed by atoms with Gasteiger partial charge in [0, 0.05) is 57.1 Å². The third-order valence-corrected chi connectivity index (χ3v) is 21.5. The summed E-state index contributed by atoms with van der Waals surface area (Å²) in [6, 6.07) is 43.0. The summed E-state index contributed by atoms with van der Waals surface area (Å²) in [7, 11) is 3.27. The number of esters is 3. The molecule has 9 rings (SSSR count). The van der Waals surface area contributed by atoms with Gasteiger partial charge in [0.15, 0.2) is 37.2 Å². The summed E-state index contributed by atoms with van der Waals surface area (Å²) in [6.07, 6.45) is 2.91. The van der Waals surface area contributed by atoms with E-state index in [4.69, 9.17) is 56.8 Å². The van der Waals surface area contributed by atoms with E-state index in [2.05, 4.69) is 20.8 Å². The van der Waals surface area contributed by atoms with Crippen molar-refractivity contribution in [3.05, 3.63) is 167 Å². The molecular weight excluding hydrogens is 1300 g/mol. The van der Waals surface area contributed by atoms with Gasteiger partial charge in [-0.15, -0.1) is 0 Å². The van der Waals surface area contributed by atoms with Crippen LogP contribution in [0.15, 0.2) is 140 Å². The maximum Gasteiger partial charge on any atom is 0.338 e. The molecule has 0 saturated carbocycles. The lowest BCUT2D eigenvalue weighted by Gasteiger charge is -2.49. The van der Waals surface area contributed by atoms with Crippen LogP contribution in [0.4, 0.5) is 0 Å². The Morgan fingerprint density at radius 3 is 1.44 bits per heavy atom. The molecule has 102 heavy (non-hydrogen) atoms. The summed E-state index contributed by atoms with van der Waals surface area (Å²) >= 11 is 0. The second-order valence-electron chi connectivity index (χ2n) is 28.3. The molecule has 4 aliphatic heterocycles. The Morgan fingerprint density at radius 1 is 0.480 bits per heavy atom. The molecule has 19 nitrogen and oxygen atoms in total. The first-order valence-corrected chi connectivity index (χ1v) is 37.4. The second kappa shape index (κ2) is 39.2. The SMILES string of the molecule is CCC1OC(OCC2OC(OCCCCCCCCC(=O)CCCCCCC(=O)N3C[C@H](O)C[C@H]3COC(c3ccccc3)(c3ccc(OC)cc3)c3ccc(OC)cc3)C(OC(C)=O)C(OC3OC(CC)C(C)C(C)C3OC(=O)c3ccccc3)C2C)C(OC(=O)c2ccccc2)C(C)C1C. The van der Waals surface area contributed by atoms with Crippen molar-refractivity contribution in [2.45, 2.75) is 237 Å². The first-order chi connectivity index (χ1) is 49.4.